The predicted molar refractivity (Wildman–Crippen MR) is 67.1 cm³/mol. The van der Waals surface area contributed by atoms with Crippen LogP contribution in [0, 0.1) is 5.92 Å². The van der Waals surface area contributed by atoms with Gasteiger partial charge in [-0.3, -0.25) is 0 Å². The summed E-state index contributed by atoms with van der Waals surface area (Å²) in [5.41, 5.74) is 0.780. The Morgan fingerprint density at radius 1 is 1.47 bits per heavy atom. The first-order valence-electron chi connectivity index (χ1n) is 5.48. The quantitative estimate of drug-likeness (QED) is 0.920. The molecule has 0 heterocycles. The van der Waals surface area contributed by atoms with Crippen molar-refractivity contribution in [1.82, 2.24) is 0 Å². The molecule has 1 aromatic rings. The Hall–Kier alpha value is -0.580. The molecule has 0 saturated heterocycles. The van der Waals surface area contributed by atoms with Crippen LogP contribution in [0.2, 0.25) is 5.02 Å². The maximum atomic E-state index is 11.7. The topological polar surface area (TPSA) is 54.4 Å². The fourth-order valence-corrected chi connectivity index (χ4v) is 3.47. The van der Waals surface area contributed by atoms with Gasteiger partial charge in [-0.2, -0.15) is 0 Å². The van der Waals surface area contributed by atoms with Gasteiger partial charge in [0.05, 0.1) is 11.0 Å². The zero-order chi connectivity index (χ0) is 12.8. The first-order chi connectivity index (χ1) is 7.80. The molecule has 5 heteroatoms. The van der Waals surface area contributed by atoms with E-state index in [0.29, 0.717) is 5.02 Å². The van der Waals surface area contributed by atoms with E-state index in [2.05, 4.69) is 0 Å². The van der Waals surface area contributed by atoms with Crippen molar-refractivity contribution in [2.24, 2.45) is 5.92 Å². The molecule has 17 heavy (non-hydrogen) atoms. The van der Waals surface area contributed by atoms with Crippen molar-refractivity contribution in [1.29, 1.82) is 0 Å². The minimum atomic E-state index is -3.28. The third kappa shape index (κ3) is 2.64. The van der Waals surface area contributed by atoms with E-state index in [4.69, 9.17) is 11.6 Å². The van der Waals surface area contributed by atoms with Crippen molar-refractivity contribution in [2.45, 2.75) is 30.3 Å². The van der Waals surface area contributed by atoms with Crippen molar-refractivity contribution in [3.8, 4) is 0 Å². The van der Waals surface area contributed by atoms with Gasteiger partial charge in [0.1, 0.15) is 0 Å². The molecule has 1 saturated carbocycles. The Labute approximate surface area is 106 Å². The second-order valence-electron chi connectivity index (χ2n) is 4.70. The molecule has 1 fully saturated rings. The van der Waals surface area contributed by atoms with Crippen LogP contribution < -0.4 is 0 Å². The number of benzene rings is 1. The summed E-state index contributed by atoms with van der Waals surface area (Å²) in [4.78, 5) is 0.290. The average molecular weight is 275 g/mol. The molecule has 1 aromatic carbocycles. The van der Waals surface area contributed by atoms with Gasteiger partial charge in [-0.25, -0.2) is 8.42 Å². The largest absolute Gasteiger partial charge is 0.393 e. The molecule has 0 bridgehead atoms. The lowest BCUT2D eigenvalue weighted by molar-refractivity contribution is 0.168. The van der Waals surface area contributed by atoms with E-state index in [9.17, 15) is 13.5 Å². The Balaban J connectivity index is 2.43. The summed E-state index contributed by atoms with van der Waals surface area (Å²) in [5.74, 6) is 0.300. The predicted octanol–water partition coefficient (Wildman–Crippen LogP) is 2.23. The van der Waals surface area contributed by atoms with E-state index in [1.807, 2.05) is 0 Å². The fourth-order valence-electron chi connectivity index (χ4n) is 2.24. The molecular formula is C12H15ClO3S. The molecule has 2 rings (SSSR count). The molecule has 3 atom stereocenters. The average Bonchev–Trinajstić information content (AvgIpc) is 2.95. The lowest BCUT2D eigenvalue weighted by atomic mass is 10.1. The molecular weight excluding hydrogens is 260 g/mol. The molecule has 0 aromatic heterocycles. The Morgan fingerprint density at radius 2 is 2.12 bits per heavy atom. The van der Waals surface area contributed by atoms with E-state index in [0.717, 1.165) is 12.0 Å². The highest BCUT2D eigenvalue weighted by Crippen LogP contribution is 2.51. The van der Waals surface area contributed by atoms with Gasteiger partial charge < -0.3 is 5.11 Å². The van der Waals surface area contributed by atoms with Gasteiger partial charge in [0.15, 0.2) is 9.84 Å². The molecule has 0 radical (unpaired) electrons. The molecule has 0 amide bonds. The number of hydrogen-bond donors (Lipinski definition) is 1. The Morgan fingerprint density at radius 3 is 2.59 bits per heavy atom. The van der Waals surface area contributed by atoms with Gasteiger partial charge in [-0.15, -0.1) is 0 Å². The number of aliphatic hydroxyl groups excluding tert-OH is 1. The summed E-state index contributed by atoms with van der Waals surface area (Å²) in [7, 11) is -3.28. The van der Waals surface area contributed by atoms with Gasteiger partial charge >= 0.3 is 0 Å². The molecule has 94 valence electrons. The molecule has 3 unspecified atom stereocenters. The van der Waals surface area contributed by atoms with Crippen LogP contribution in [0.4, 0.5) is 0 Å². The minimum absolute atomic E-state index is 0.136. The van der Waals surface area contributed by atoms with Gasteiger partial charge in [0, 0.05) is 11.3 Å². The summed E-state index contributed by atoms with van der Waals surface area (Å²) in [6, 6.07) is 4.94. The van der Waals surface area contributed by atoms with E-state index >= 15 is 0 Å². The van der Waals surface area contributed by atoms with Crippen molar-refractivity contribution < 1.29 is 13.5 Å². The van der Waals surface area contributed by atoms with E-state index < -0.39 is 15.9 Å². The van der Waals surface area contributed by atoms with Crippen molar-refractivity contribution in [2.75, 3.05) is 6.26 Å². The van der Waals surface area contributed by atoms with Crippen LogP contribution in [0.3, 0.4) is 0 Å². The SMILES string of the molecule is CC(O)C1CC1c1ccc(Cl)cc1S(C)(=O)=O. The fraction of sp³-hybridized carbons (Fsp3) is 0.500. The third-order valence-electron chi connectivity index (χ3n) is 3.23. The maximum absolute atomic E-state index is 11.7. The summed E-state index contributed by atoms with van der Waals surface area (Å²) >= 11 is 5.83. The number of aliphatic hydroxyl groups is 1. The number of hydrogen-bond acceptors (Lipinski definition) is 3. The number of rotatable bonds is 3. The molecule has 3 nitrogen and oxygen atoms in total. The minimum Gasteiger partial charge on any atom is -0.393 e. The first kappa shape index (κ1) is 12.9. The highest BCUT2D eigenvalue weighted by atomic mass is 35.5. The molecule has 1 aliphatic carbocycles. The highest BCUT2D eigenvalue weighted by Gasteiger charge is 2.43. The standard InChI is InChI=1S/C12H15ClO3S/c1-7(14)10-6-11(10)9-4-3-8(13)5-12(9)17(2,15)16/h3-5,7,10-11,14H,6H2,1-2H3. The lowest BCUT2D eigenvalue weighted by Gasteiger charge is -2.09. The zero-order valence-electron chi connectivity index (χ0n) is 9.72. The van der Waals surface area contributed by atoms with Gasteiger partial charge in [-0.05, 0) is 42.9 Å². The van der Waals surface area contributed by atoms with Crippen molar-refractivity contribution in [3.63, 3.8) is 0 Å². The lowest BCUT2D eigenvalue weighted by Crippen LogP contribution is -2.06. The first-order valence-corrected chi connectivity index (χ1v) is 7.75. The van der Waals surface area contributed by atoms with Crippen LogP contribution in [-0.4, -0.2) is 25.9 Å². The summed E-state index contributed by atoms with van der Waals surface area (Å²) in [6.07, 6.45) is 1.62. The smallest absolute Gasteiger partial charge is 0.175 e. The van der Waals surface area contributed by atoms with Crippen molar-refractivity contribution in [3.05, 3.63) is 28.8 Å². The van der Waals surface area contributed by atoms with Gasteiger partial charge in [0.2, 0.25) is 0 Å². The molecule has 0 spiro atoms. The van der Waals surface area contributed by atoms with Crippen LogP contribution in [-0.2, 0) is 9.84 Å². The summed E-state index contributed by atoms with van der Waals surface area (Å²) in [6.45, 7) is 1.74. The van der Waals surface area contributed by atoms with Crippen LogP contribution in [0.15, 0.2) is 23.1 Å². The normalized spacial score (nSPS) is 25.6. The highest BCUT2D eigenvalue weighted by molar-refractivity contribution is 7.90. The zero-order valence-corrected chi connectivity index (χ0v) is 11.3. The molecule has 0 aliphatic heterocycles. The summed E-state index contributed by atoms with van der Waals surface area (Å²) < 4.78 is 23.4. The van der Waals surface area contributed by atoms with E-state index in [1.165, 1.54) is 12.3 Å². The number of sulfone groups is 1. The van der Waals surface area contributed by atoms with Crippen molar-refractivity contribution >= 4 is 21.4 Å². The van der Waals surface area contributed by atoms with E-state index in [1.54, 1.807) is 19.1 Å². The van der Waals surface area contributed by atoms with Crippen LogP contribution >= 0.6 is 11.6 Å². The molecule has 1 N–H and O–H groups in total. The number of halogens is 1. The maximum Gasteiger partial charge on any atom is 0.175 e. The molecule has 1 aliphatic rings. The van der Waals surface area contributed by atoms with Crippen LogP contribution in [0.1, 0.15) is 24.8 Å². The van der Waals surface area contributed by atoms with Gasteiger partial charge in [-0.1, -0.05) is 17.7 Å². The Bertz CT molecular complexity index is 537. The monoisotopic (exact) mass is 274 g/mol. The third-order valence-corrected chi connectivity index (χ3v) is 4.62. The summed E-state index contributed by atoms with van der Waals surface area (Å²) in [5, 5.41) is 9.92. The second-order valence-corrected chi connectivity index (χ2v) is 7.12. The van der Waals surface area contributed by atoms with Crippen LogP contribution in [0.25, 0.3) is 0 Å². The Kier molecular flexibility index (Phi) is 3.23. The van der Waals surface area contributed by atoms with E-state index in [-0.39, 0.29) is 16.7 Å². The van der Waals surface area contributed by atoms with Crippen LogP contribution in [0.5, 0.6) is 0 Å². The second kappa shape index (κ2) is 4.26. The van der Waals surface area contributed by atoms with Gasteiger partial charge in [0.25, 0.3) is 0 Å².